The van der Waals surface area contributed by atoms with Crippen LogP contribution in [0, 0.1) is 5.92 Å². The third kappa shape index (κ3) is 3.83. The van der Waals surface area contributed by atoms with Crippen LogP contribution in [0.2, 0.25) is 4.34 Å². The van der Waals surface area contributed by atoms with Crippen molar-refractivity contribution in [2.45, 2.75) is 26.0 Å². The van der Waals surface area contributed by atoms with Gasteiger partial charge in [-0.3, -0.25) is 0 Å². The Morgan fingerprint density at radius 1 is 1.37 bits per heavy atom. The summed E-state index contributed by atoms with van der Waals surface area (Å²) < 4.78 is 6.22. The van der Waals surface area contributed by atoms with Crippen LogP contribution in [0.5, 0.6) is 0 Å². The lowest BCUT2D eigenvalue weighted by atomic mass is 10.1. The summed E-state index contributed by atoms with van der Waals surface area (Å²) >= 11 is 7.51. The summed E-state index contributed by atoms with van der Waals surface area (Å²) in [5.41, 5.74) is 0. The van der Waals surface area contributed by atoms with Gasteiger partial charge in [-0.05, 0) is 30.2 Å². The molecule has 0 saturated carbocycles. The molecule has 0 aliphatic rings. The number of aliphatic hydroxyl groups excluding tert-OH is 1. The molecule has 2 unspecified atom stereocenters. The van der Waals surface area contributed by atoms with Crippen molar-refractivity contribution in [3.8, 4) is 0 Å². The molecule has 0 radical (unpaired) electrons. The molecule has 0 aromatic carbocycles. The summed E-state index contributed by atoms with van der Waals surface area (Å²) in [6, 6.07) is 7.57. The van der Waals surface area contributed by atoms with Crippen molar-refractivity contribution in [2.24, 2.45) is 5.92 Å². The van der Waals surface area contributed by atoms with Crippen LogP contribution in [0.3, 0.4) is 0 Å². The van der Waals surface area contributed by atoms with Crippen molar-refractivity contribution in [3.63, 3.8) is 0 Å². The number of furan rings is 1. The maximum atomic E-state index is 9.91. The van der Waals surface area contributed by atoms with Gasteiger partial charge in [0.15, 0.2) is 0 Å². The third-order valence-corrected chi connectivity index (χ3v) is 4.30. The summed E-state index contributed by atoms with van der Waals surface area (Å²) in [5, 5.41) is 13.3. The van der Waals surface area contributed by atoms with Gasteiger partial charge in [0, 0.05) is 11.4 Å². The van der Waals surface area contributed by atoms with Gasteiger partial charge >= 0.3 is 0 Å². The number of aliphatic hydroxyl groups is 1. The molecule has 19 heavy (non-hydrogen) atoms. The fourth-order valence-corrected chi connectivity index (χ4v) is 2.90. The Bertz CT molecular complexity index is 495. The highest BCUT2D eigenvalue weighted by atomic mass is 35.5. The molecule has 2 atom stereocenters. The fraction of sp³-hybridized carbons (Fsp3) is 0.429. The third-order valence-electron chi connectivity index (χ3n) is 3.01. The normalized spacial score (nSPS) is 14.8. The molecule has 0 bridgehead atoms. The number of halogens is 1. The van der Waals surface area contributed by atoms with E-state index < -0.39 is 0 Å². The van der Waals surface area contributed by atoms with E-state index >= 15 is 0 Å². The van der Waals surface area contributed by atoms with Crippen molar-refractivity contribution in [2.75, 3.05) is 6.54 Å². The van der Waals surface area contributed by atoms with E-state index in [0.29, 0.717) is 6.54 Å². The first-order valence-corrected chi connectivity index (χ1v) is 7.47. The van der Waals surface area contributed by atoms with Gasteiger partial charge in [-0.15, -0.1) is 11.3 Å². The molecule has 2 heterocycles. The van der Waals surface area contributed by atoms with Gasteiger partial charge < -0.3 is 14.8 Å². The van der Waals surface area contributed by atoms with Crippen LogP contribution in [0.15, 0.2) is 34.9 Å². The first kappa shape index (κ1) is 14.6. The average Bonchev–Trinajstić information content (AvgIpc) is 3.01. The molecule has 2 rings (SSSR count). The van der Waals surface area contributed by atoms with Crippen molar-refractivity contribution < 1.29 is 9.52 Å². The Kier molecular flexibility index (Phi) is 5.05. The zero-order valence-corrected chi connectivity index (χ0v) is 12.5. The van der Waals surface area contributed by atoms with Crippen molar-refractivity contribution in [1.29, 1.82) is 0 Å². The fourth-order valence-electron chi connectivity index (χ4n) is 1.75. The number of rotatable bonds is 6. The van der Waals surface area contributed by atoms with E-state index in [1.807, 2.05) is 38.1 Å². The lowest BCUT2D eigenvalue weighted by Crippen LogP contribution is -2.33. The molecule has 0 saturated heterocycles. The standard InChI is InChI=1S/C14H18ClNO2S/c1-9(2)10(17)8-16-14(11-4-3-7-18-11)12-5-6-13(15)19-12/h3-7,9-10,14,16-17H,8H2,1-2H3. The Labute approximate surface area is 122 Å². The van der Waals surface area contributed by atoms with Gasteiger partial charge in [-0.1, -0.05) is 25.4 Å². The molecular weight excluding hydrogens is 282 g/mol. The molecule has 104 valence electrons. The maximum Gasteiger partial charge on any atom is 0.126 e. The summed E-state index contributed by atoms with van der Waals surface area (Å²) in [5.74, 6) is 1.05. The minimum absolute atomic E-state index is 0.0686. The van der Waals surface area contributed by atoms with Crippen LogP contribution >= 0.6 is 22.9 Å². The highest BCUT2D eigenvalue weighted by Gasteiger charge is 2.20. The van der Waals surface area contributed by atoms with E-state index in [9.17, 15) is 5.11 Å². The topological polar surface area (TPSA) is 45.4 Å². The molecule has 0 aliphatic carbocycles. The first-order chi connectivity index (χ1) is 9.08. The zero-order chi connectivity index (χ0) is 13.8. The van der Waals surface area contributed by atoms with Crippen molar-refractivity contribution in [3.05, 3.63) is 45.5 Å². The van der Waals surface area contributed by atoms with Gasteiger partial charge in [0.1, 0.15) is 11.8 Å². The zero-order valence-electron chi connectivity index (χ0n) is 11.0. The van der Waals surface area contributed by atoms with Crippen LogP contribution < -0.4 is 5.32 Å². The van der Waals surface area contributed by atoms with Crippen LogP contribution in [0.1, 0.15) is 30.5 Å². The predicted octanol–water partition coefficient (Wildman–Crippen LogP) is 3.69. The number of hydrogen-bond donors (Lipinski definition) is 2. The maximum absolute atomic E-state index is 9.91. The van der Waals surface area contributed by atoms with Gasteiger partial charge in [-0.25, -0.2) is 0 Å². The highest BCUT2D eigenvalue weighted by Crippen LogP contribution is 2.31. The average molecular weight is 300 g/mol. The second-order valence-electron chi connectivity index (χ2n) is 4.81. The van der Waals surface area contributed by atoms with E-state index in [1.54, 1.807) is 6.26 Å². The van der Waals surface area contributed by atoms with Crippen LogP contribution in [0.25, 0.3) is 0 Å². The molecule has 2 aromatic heterocycles. The Morgan fingerprint density at radius 2 is 2.16 bits per heavy atom. The van der Waals surface area contributed by atoms with Crippen molar-refractivity contribution in [1.82, 2.24) is 5.32 Å². The van der Waals surface area contributed by atoms with E-state index in [1.165, 1.54) is 11.3 Å². The molecule has 0 aliphatic heterocycles. The van der Waals surface area contributed by atoms with Crippen LogP contribution in [-0.2, 0) is 0 Å². The Balaban J connectivity index is 2.12. The molecule has 2 aromatic rings. The first-order valence-electron chi connectivity index (χ1n) is 6.28. The lowest BCUT2D eigenvalue weighted by molar-refractivity contribution is 0.121. The molecule has 0 fully saturated rings. The Morgan fingerprint density at radius 3 is 2.68 bits per heavy atom. The molecule has 0 amide bonds. The predicted molar refractivity (Wildman–Crippen MR) is 78.7 cm³/mol. The van der Waals surface area contributed by atoms with Gasteiger partial charge in [-0.2, -0.15) is 0 Å². The van der Waals surface area contributed by atoms with Gasteiger partial charge in [0.2, 0.25) is 0 Å². The molecular formula is C14H18ClNO2S. The summed E-state index contributed by atoms with van der Waals surface area (Å²) in [6.45, 7) is 4.51. The van der Waals surface area contributed by atoms with Gasteiger partial charge in [0.05, 0.1) is 16.7 Å². The summed E-state index contributed by atoms with van der Waals surface area (Å²) in [6.07, 6.45) is 1.27. The second kappa shape index (κ2) is 6.57. The SMILES string of the molecule is CC(C)C(O)CNC(c1ccco1)c1ccc(Cl)s1. The second-order valence-corrected chi connectivity index (χ2v) is 6.56. The van der Waals surface area contributed by atoms with Crippen LogP contribution in [-0.4, -0.2) is 17.8 Å². The highest BCUT2D eigenvalue weighted by molar-refractivity contribution is 7.16. The molecule has 3 nitrogen and oxygen atoms in total. The lowest BCUT2D eigenvalue weighted by Gasteiger charge is -2.20. The number of hydrogen-bond acceptors (Lipinski definition) is 4. The summed E-state index contributed by atoms with van der Waals surface area (Å²) in [4.78, 5) is 1.08. The van der Waals surface area contributed by atoms with E-state index in [2.05, 4.69) is 5.32 Å². The van der Waals surface area contributed by atoms with Crippen molar-refractivity contribution >= 4 is 22.9 Å². The smallest absolute Gasteiger partial charge is 0.126 e. The summed E-state index contributed by atoms with van der Waals surface area (Å²) in [7, 11) is 0. The minimum atomic E-state index is -0.382. The van der Waals surface area contributed by atoms with E-state index in [-0.39, 0.29) is 18.1 Å². The minimum Gasteiger partial charge on any atom is -0.467 e. The van der Waals surface area contributed by atoms with E-state index in [4.69, 9.17) is 16.0 Å². The largest absolute Gasteiger partial charge is 0.467 e. The molecule has 0 spiro atoms. The quantitative estimate of drug-likeness (QED) is 0.855. The Hall–Kier alpha value is -0.810. The monoisotopic (exact) mass is 299 g/mol. The molecule has 2 N–H and O–H groups in total. The van der Waals surface area contributed by atoms with Gasteiger partial charge in [0.25, 0.3) is 0 Å². The van der Waals surface area contributed by atoms with E-state index in [0.717, 1.165) is 15.0 Å². The number of nitrogens with one attached hydrogen (secondary N) is 1. The number of thiophene rings is 1. The molecule has 5 heteroatoms. The van der Waals surface area contributed by atoms with Crippen LogP contribution in [0.4, 0.5) is 0 Å².